The predicted molar refractivity (Wildman–Crippen MR) is 221 cm³/mol. The van der Waals surface area contributed by atoms with Crippen LogP contribution < -0.4 is 65.5 Å². The molecule has 0 fully saturated rings. The van der Waals surface area contributed by atoms with Crippen molar-refractivity contribution in [2.45, 2.75) is 113 Å². The number of carboxylic acids is 3. The van der Waals surface area contributed by atoms with Gasteiger partial charge in [0, 0.05) is 19.4 Å². The molecular formula is C35H59N13O18. The zero-order valence-electron chi connectivity index (χ0n) is 35.8. The highest BCUT2D eigenvalue weighted by atomic mass is 16.4. The molecule has 0 aromatic carbocycles. The van der Waals surface area contributed by atoms with Crippen molar-refractivity contribution in [1.82, 2.24) is 42.5 Å². The summed E-state index contributed by atoms with van der Waals surface area (Å²) < 4.78 is 0. The molecule has 0 aliphatic heterocycles. The van der Waals surface area contributed by atoms with Crippen LogP contribution in [0.15, 0.2) is 4.99 Å². The summed E-state index contributed by atoms with van der Waals surface area (Å²) in [5, 5.41) is 74.3. The van der Waals surface area contributed by atoms with Crippen LogP contribution in [0.1, 0.15) is 58.8 Å². The first-order valence-corrected chi connectivity index (χ1v) is 19.8. The fraction of sp³-hybridized carbons (Fsp3) is 0.629. The SMILES string of the molecule is C[C@@H](O)[C@H](NC(=O)[C@H](CCC(=O)O)NC(=O)[C@H](CCC(=O)O)NC(=O)[C@@H](NC(=O)CNC(=O)[C@H](CC(N)=O)NC(=O)[C@H](CCCN=C(N)N)NC(=O)[C@H](CO)NC(=O)CN)[C@@H](C)O)C(=O)O. The molecule has 0 saturated heterocycles. The van der Waals surface area contributed by atoms with E-state index in [0.29, 0.717) is 0 Å². The number of aliphatic hydroxyl groups excluding tert-OH is 3. The second-order valence-corrected chi connectivity index (χ2v) is 14.3. The lowest BCUT2D eigenvalue weighted by Crippen LogP contribution is -2.60. The van der Waals surface area contributed by atoms with Crippen LogP contribution in [0.25, 0.3) is 0 Å². The second kappa shape index (κ2) is 30.0. The van der Waals surface area contributed by atoms with Gasteiger partial charge in [0.1, 0.15) is 36.3 Å². The number of nitrogens with one attached hydrogen (secondary N) is 8. The van der Waals surface area contributed by atoms with E-state index in [0.717, 1.165) is 13.8 Å². The number of amides is 9. The molecule has 9 atom stereocenters. The average Bonchev–Trinajstić information content (AvgIpc) is 3.22. The third kappa shape index (κ3) is 23.4. The minimum atomic E-state index is -1.95. The molecule has 22 N–H and O–H groups in total. The number of guanidine groups is 1. The van der Waals surface area contributed by atoms with Crippen molar-refractivity contribution < 1.29 is 88.2 Å². The largest absolute Gasteiger partial charge is 0.481 e. The maximum atomic E-state index is 13.4. The second-order valence-electron chi connectivity index (χ2n) is 14.3. The Morgan fingerprint density at radius 1 is 0.545 bits per heavy atom. The highest BCUT2D eigenvalue weighted by Gasteiger charge is 2.35. The number of carbonyl (C=O) groups is 12. The Morgan fingerprint density at radius 2 is 1.00 bits per heavy atom. The summed E-state index contributed by atoms with van der Waals surface area (Å²) in [4.78, 5) is 154. The maximum absolute atomic E-state index is 13.4. The van der Waals surface area contributed by atoms with Crippen molar-refractivity contribution in [3.05, 3.63) is 0 Å². The Kier molecular flexibility index (Phi) is 26.7. The fourth-order valence-electron chi connectivity index (χ4n) is 5.34. The van der Waals surface area contributed by atoms with Gasteiger partial charge in [-0.15, -0.1) is 0 Å². The molecule has 372 valence electrons. The number of carbonyl (C=O) groups excluding carboxylic acids is 9. The number of hydrogen-bond donors (Lipinski definition) is 18. The van der Waals surface area contributed by atoms with Crippen molar-refractivity contribution in [1.29, 1.82) is 0 Å². The molecule has 0 aliphatic carbocycles. The topological polar surface area (TPSA) is 539 Å². The number of nitrogens with zero attached hydrogens (tertiary/aromatic N) is 1. The zero-order valence-corrected chi connectivity index (χ0v) is 35.8. The standard InChI is InChI=1S/C35H59N13O18/c1-14(50)26(33(64)45-17(5-7-24(55)56)30(61)44-18(6-8-25(57)58)31(62)48-27(15(2)51)34(65)66)47-23(54)12-41-28(59)19(10-21(37)52)46-29(60)16(4-3-9-40-35(38)39)43-32(63)20(13-49)42-22(53)11-36/h14-20,26-27,49-51H,3-13,36H2,1-2H3,(H2,37,52)(H,41,59)(H,42,53)(H,43,63)(H,44,61)(H,45,64)(H,46,60)(H,47,54)(H,48,62)(H,55,56)(H,57,58)(H,65,66)(H4,38,39,40)/t14-,15-,16+,17+,18+,19+,20+,26+,27+/m1/s1. The normalized spacial score (nSPS) is 14.8. The minimum absolute atomic E-state index is 0.0370. The third-order valence-corrected chi connectivity index (χ3v) is 8.75. The average molecular weight is 950 g/mol. The first-order valence-electron chi connectivity index (χ1n) is 19.8. The van der Waals surface area contributed by atoms with Crippen molar-refractivity contribution in [3.8, 4) is 0 Å². The van der Waals surface area contributed by atoms with E-state index in [1.54, 1.807) is 0 Å². The molecule has 0 heterocycles. The van der Waals surface area contributed by atoms with Gasteiger partial charge >= 0.3 is 17.9 Å². The van der Waals surface area contributed by atoms with Crippen LogP contribution in [0.3, 0.4) is 0 Å². The molecule has 9 amide bonds. The number of rotatable bonds is 32. The van der Waals surface area contributed by atoms with Gasteiger partial charge in [-0.2, -0.15) is 0 Å². The lowest BCUT2D eigenvalue weighted by Gasteiger charge is -2.27. The van der Waals surface area contributed by atoms with Gasteiger partial charge in [-0.3, -0.25) is 57.7 Å². The smallest absolute Gasteiger partial charge is 0.328 e. The van der Waals surface area contributed by atoms with Crippen LogP contribution in [0.4, 0.5) is 0 Å². The monoisotopic (exact) mass is 949 g/mol. The highest BCUT2D eigenvalue weighted by Crippen LogP contribution is 2.07. The van der Waals surface area contributed by atoms with Crippen LogP contribution in [0, 0.1) is 0 Å². The van der Waals surface area contributed by atoms with Gasteiger partial charge in [0.05, 0.1) is 38.3 Å². The molecule has 0 unspecified atom stereocenters. The summed E-state index contributed by atoms with van der Waals surface area (Å²) >= 11 is 0. The number of aliphatic imine (C=N–C) groups is 1. The first-order chi connectivity index (χ1) is 30.7. The van der Waals surface area contributed by atoms with E-state index >= 15 is 0 Å². The Bertz CT molecular complexity index is 1790. The van der Waals surface area contributed by atoms with Crippen LogP contribution in [0.5, 0.6) is 0 Å². The Morgan fingerprint density at radius 3 is 1.42 bits per heavy atom. The van der Waals surface area contributed by atoms with Gasteiger partial charge in [-0.1, -0.05) is 0 Å². The molecule has 0 rings (SSSR count). The van der Waals surface area contributed by atoms with Crippen molar-refractivity contribution in [2.75, 3.05) is 26.2 Å². The van der Waals surface area contributed by atoms with Gasteiger partial charge in [-0.05, 0) is 39.5 Å². The van der Waals surface area contributed by atoms with E-state index in [1.807, 2.05) is 5.32 Å². The third-order valence-electron chi connectivity index (χ3n) is 8.75. The van der Waals surface area contributed by atoms with Crippen LogP contribution in [0.2, 0.25) is 0 Å². The van der Waals surface area contributed by atoms with E-state index < -0.39 is 177 Å². The maximum Gasteiger partial charge on any atom is 0.328 e. The molecule has 31 heteroatoms. The Balaban J connectivity index is 6.20. The predicted octanol–water partition coefficient (Wildman–Crippen LogP) is -10.0. The van der Waals surface area contributed by atoms with Gasteiger partial charge in [0.15, 0.2) is 12.0 Å². The summed E-state index contributed by atoms with van der Waals surface area (Å²) in [5.74, 6) is -15.4. The number of hydrogen-bond acceptors (Lipinski definition) is 17. The number of carboxylic acid groups (broad SMARTS) is 3. The van der Waals surface area contributed by atoms with E-state index in [-0.39, 0.29) is 25.3 Å². The summed E-state index contributed by atoms with van der Waals surface area (Å²) in [7, 11) is 0. The summed E-state index contributed by atoms with van der Waals surface area (Å²) in [5.41, 5.74) is 21.1. The van der Waals surface area contributed by atoms with E-state index in [4.69, 9.17) is 28.0 Å². The van der Waals surface area contributed by atoms with Crippen LogP contribution in [-0.4, -0.2) is 188 Å². The number of aliphatic carboxylic acids is 3. The molecule has 31 nitrogen and oxygen atoms in total. The Hall–Kier alpha value is -7.25. The molecule has 66 heavy (non-hydrogen) atoms. The van der Waals surface area contributed by atoms with Gasteiger partial charge in [0.2, 0.25) is 53.2 Å². The van der Waals surface area contributed by atoms with Crippen molar-refractivity contribution >= 4 is 77.0 Å². The zero-order chi connectivity index (χ0) is 50.8. The molecule has 0 aromatic rings. The fourth-order valence-corrected chi connectivity index (χ4v) is 5.34. The summed E-state index contributed by atoms with van der Waals surface area (Å²) in [6, 6.07) is -12.5. The number of primary amides is 1. The number of nitrogens with two attached hydrogens (primary N) is 4. The van der Waals surface area contributed by atoms with Gasteiger partial charge in [0.25, 0.3) is 0 Å². The lowest BCUT2D eigenvalue weighted by atomic mass is 10.1. The van der Waals surface area contributed by atoms with Gasteiger partial charge in [-0.25, -0.2) is 4.79 Å². The van der Waals surface area contributed by atoms with Gasteiger partial charge < -0.3 is 96.1 Å². The van der Waals surface area contributed by atoms with Crippen molar-refractivity contribution in [3.63, 3.8) is 0 Å². The molecule has 0 aromatic heterocycles. The lowest BCUT2D eigenvalue weighted by molar-refractivity contribution is -0.145. The summed E-state index contributed by atoms with van der Waals surface area (Å²) in [6.45, 7) is -0.527. The minimum Gasteiger partial charge on any atom is -0.481 e. The molecular weight excluding hydrogens is 890 g/mol. The molecule has 0 saturated carbocycles. The Labute approximate surface area is 375 Å². The molecule has 0 aliphatic rings. The van der Waals surface area contributed by atoms with E-state index in [1.165, 1.54) is 0 Å². The van der Waals surface area contributed by atoms with Crippen LogP contribution in [-0.2, 0) is 57.5 Å². The van der Waals surface area contributed by atoms with E-state index in [2.05, 4.69) is 42.2 Å². The van der Waals surface area contributed by atoms with E-state index in [9.17, 15) is 83.1 Å². The molecule has 0 radical (unpaired) electrons. The molecule has 0 spiro atoms. The quantitative estimate of drug-likeness (QED) is 0.0169. The molecule has 0 bridgehead atoms. The van der Waals surface area contributed by atoms with Crippen LogP contribution >= 0.6 is 0 Å². The highest BCUT2D eigenvalue weighted by molar-refractivity contribution is 5.98. The number of aliphatic hydroxyl groups is 3. The van der Waals surface area contributed by atoms with Crippen molar-refractivity contribution in [2.24, 2.45) is 27.9 Å². The summed E-state index contributed by atoms with van der Waals surface area (Å²) in [6.07, 6.45) is -7.39. The first kappa shape index (κ1) is 58.8.